The summed E-state index contributed by atoms with van der Waals surface area (Å²) < 4.78 is 5.16. The SMILES string of the molecule is COc1cc(N)cc(C(=O)N(C)C(C)c2ccccc2)c1. The molecule has 2 N–H and O–H groups in total. The Labute approximate surface area is 125 Å². The quantitative estimate of drug-likeness (QED) is 0.878. The van der Waals surface area contributed by atoms with Gasteiger partial charge < -0.3 is 15.4 Å². The molecule has 2 aromatic carbocycles. The third-order valence-electron chi connectivity index (χ3n) is 3.59. The number of amides is 1. The first-order chi connectivity index (χ1) is 10.0. The molecule has 1 atom stereocenters. The first kappa shape index (κ1) is 14.9. The van der Waals surface area contributed by atoms with E-state index in [1.807, 2.05) is 37.3 Å². The molecule has 0 aromatic heterocycles. The monoisotopic (exact) mass is 284 g/mol. The molecule has 0 fully saturated rings. The second-order valence-corrected chi connectivity index (χ2v) is 5.00. The predicted octanol–water partition coefficient (Wildman–Crippen LogP) is 3.11. The van der Waals surface area contributed by atoms with Crippen LogP contribution in [0.2, 0.25) is 0 Å². The summed E-state index contributed by atoms with van der Waals surface area (Å²) in [5.41, 5.74) is 7.93. The number of ether oxygens (including phenoxy) is 1. The molecule has 1 amide bonds. The molecule has 2 rings (SSSR count). The van der Waals surface area contributed by atoms with E-state index >= 15 is 0 Å². The van der Waals surface area contributed by atoms with Crippen molar-refractivity contribution in [2.75, 3.05) is 19.9 Å². The largest absolute Gasteiger partial charge is 0.497 e. The molecule has 0 aliphatic heterocycles. The maximum Gasteiger partial charge on any atom is 0.254 e. The van der Waals surface area contributed by atoms with Crippen molar-refractivity contribution in [3.8, 4) is 5.75 Å². The van der Waals surface area contributed by atoms with E-state index in [2.05, 4.69) is 0 Å². The molecular formula is C17H20N2O2. The molecular weight excluding hydrogens is 264 g/mol. The number of hydrogen-bond acceptors (Lipinski definition) is 3. The summed E-state index contributed by atoms with van der Waals surface area (Å²) in [7, 11) is 3.34. The Bertz CT molecular complexity index is 626. The zero-order chi connectivity index (χ0) is 15.4. The minimum absolute atomic E-state index is 0.0221. The first-order valence-corrected chi connectivity index (χ1v) is 6.79. The molecule has 0 radical (unpaired) electrons. The highest BCUT2D eigenvalue weighted by Crippen LogP contribution is 2.24. The average Bonchev–Trinajstić information content (AvgIpc) is 2.52. The lowest BCUT2D eigenvalue weighted by molar-refractivity contribution is 0.0742. The average molecular weight is 284 g/mol. The van der Waals surface area contributed by atoms with Crippen LogP contribution in [0, 0.1) is 0 Å². The van der Waals surface area contributed by atoms with Gasteiger partial charge in [0.15, 0.2) is 0 Å². The predicted molar refractivity (Wildman–Crippen MR) is 84.4 cm³/mol. The van der Waals surface area contributed by atoms with E-state index in [4.69, 9.17) is 10.5 Å². The van der Waals surface area contributed by atoms with Gasteiger partial charge in [-0.05, 0) is 24.6 Å². The summed E-state index contributed by atoms with van der Waals surface area (Å²) in [6.07, 6.45) is 0. The minimum atomic E-state index is -0.0862. The maximum atomic E-state index is 12.6. The normalized spacial score (nSPS) is 11.8. The zero-order valence-electron chi connectivity index (χ0n) is 12.5. The summed E-state index contributed by atoms with van der Waals surface area (Å²) in [6.45, 7) is 2.00. The van der Waals surface area contributed by atoms with Crippen LogP contribution in [0.15, 0.2) is 48.5 Å². The van der Waals surface area contributed by atoms with Gasteiger partial charge >= 0.3 is 0 Å². The molecule has 0 spiro atoms. The standard InChI is InChI=1S/C17H20N2O2/c1-12(13-7-5-4-6-8-13)19(2)17(20)14-9-15(18)11-16(10-14)21-3/h4-12H,18H2,1-3H3. The van der Waals surface area contributed by atoms with Crippen molar-refractivity contribution in [1.82, 2.24) is 4.90 Å². The number of nitrogens with two attached hydrogens (primary N) is 1. The Morgan fingerprint density at radius 3 is 2.48 bits per heavy atom. The number of nitrogens with zero attached hydrogens (tertiary/aromatic N) is 1. The highest BCUT2D eigenvalue weighted by molar-refractivity contribution is 5.95. The van der Waals surface area contributed by atoms with Crippen LogP contribution >= 0.6 is 0 Å². The second-order valence-electron chi connectivity index (χ2n) is 5.00. The summed E-state index contributed by atoms with van der Waals surface area (Å²) in [6, 6.07) is 14.9. The van der Waals surface area contributed by atoms with Gasteiger partial charge in [0, 0.05) is 24.4 Å². The van der Waals surface area contributed by atoms with Gasteiger partial charge in [-0.3, -0.25) is 4.79 Å². The van der Waals surface area contributed by atoms with E-state index in [0.717, 1.165) is 5.56 Å². The van der Waals surface area contributed by atoms with Gasteiger partial charge in [-0.25, -0.2) is 0 Å². The second kappa shape index (κ2) is 6.31. The van der Waals surface area contributed by atoms with Crippen molar-refractivity contribution >= 4 is 11.6 Å². The number of rotatable bonds is 4. The Hall–Kier alpha value is -2.49. The first-order valence-electron chi connectivity index (χ1n) is 6.79. The van der Waals surface area contributed by atoms with Crippen molar-refractivity contribution in [1.29, 1.82) is 0 Å². The molecule has 0 saturated carbocycles. The third-order valence-corrected chi connectivity index (χ3v) is 3.59. The number of anilines is 1. The van der Waals surface area contributed by atoms with Crippen LogP contribution in [-0.2, 0) is 0 Å². The fourth-order valence-electron chi connectivity index (χ4n) is 2.20. The molecule has 0 heterocycles. The van der Waals surface area contributed by atoms with Crippen LogP contribution < -0.4 is 10.5 Å². The highest BCUT2D eigenvalue weighted by atomic mass is 16.5. The van der Waals surface area contributed by atoms with E-state index in [1.54, 1.807) is 37.3 Å². The minimum Gasteiger partial charge on any atom is -0.497 e. The summed E-state index contributed by atoms with van der Waals surface area (Å²) >= 11 is 0. The number of nitrogen functional groups attached to an aromatic ring is 1. The molecule has 4 nitrogen and oxygen atoms in total. The van der Waals surface area contributed by atoms with Crippen LogP contribution in [0.5, 0.6) is 5.75 Å². The zero-order valence-corrected chi connectivity index (χ0v) is 12.5. The van der Waals surface area contributed by atoms with Crippen LogP contribution in [0.25, 0.3) is 0 Å². The lowest BCUT2D eigenvalue weighted by Crippen LogP contribution is -2.29. The Morgan fingerprint density at radius 1 is 1.19 bits per heavy atom. The highest BCUT2D eigenvalue weighted by Gasteiger charge is 2.19. The summed E-state index contributed by atoms with van der Waals surface area (Å²) in [5.74, 6) is 0.496. The van der Waals surface area contributed by atoms with Crippen molar-refractivity contribution in [2.24, 2.45) is 0 Å². The van der Waals surface area contributed by atoms with Gasteiger partial charge in [-0.15, -0.1) is 0 Å². The third kappa shape index (κ3) is 3.34. The molecule has 0 aliphatic rings. The molecule has 0 saturated heterocycles. The summed E-state index contributed by atoms with van der Waals surface area (Å²) in [4.78, 5) is 14.3. The fourth-order valence-corrected chi connectivity index (χ4v) is 2.20. The van der Waals surface area contributed by atoms with E-state index in [1.165, 1.54) is 0 Å². The number of carbonyl (C=O) groups excluding carboxylic acids is 1. The number of benzene rings is 2. The molecule has 21 heavy (non-hydrogen) atoms. The van der Waals surface area contributed by atoms with Crippen molar-refractivity contribution in [3.63, 3.8) is 0 Å². The molecule has 0 bridgehead atoms. The Balaban J connectivity index is 2.25. The van der Waals surface area contributed by atoms with E-state index in [-0.39, 0.29) is 11.9 Å². The van der Waals surface area contributed by atoms with Crippen molar-refractivity contribution in [2.45, 2.75) is 13.0 Å². The Kier molecular flexibility index (Phi) is 4.48. The van der Waals surface area contributed by atoms with Crippen molar-refractivity contribution in [3.05, 3.63) is 59.7 Å². The number of methoxy groups -OCH3 is 1. The summed E-state index contributed by atoms with van der Waals surface area (Å²) in [5, 5.41) is 0. The van der Waals surface area contributed by atoms with Crippen LogP contribution in [0.3, 0.4) is 0 Å². The maximum absolute atomic E-state index is 12.6. The van der Waals surface area contributed by atoms with Gasteiger partial charge in [0.25, 0.3) is 5.91 Å². The van der Waals surface area contributed by atoms with Crippen molar-refractivity contribution < 1.29 is 9.53 Å². The Morgan fingerprint density at radius 2 is 1.86 bits per heavy atom. The fraction of sp³-hybridized carbons (Fsp3) is 0.235. The van der Waals surface area contributed by atoms with Crippen LogP contribution in [0.4, 0.5) is 5.69 Å². The van der Waals surface area contributed by atoms with Gasteiger partial charge in [-0.2, -0.15) is 0 Å². The van der Waals surface area contributed by atoms with E-state index in [9.17, 15) is 4.79 Å². The molecule has 110 valence electrons. The van der Waals surface area contributed by atoms with Gasteiger partial charge in [0.2, 0.25) is 0 Å². The molecule has 1 unspecified atom stereocenters. The molecule has 4 heteroatoms. The van der Waals surface area contributed by atoms with Crippen LogP contribution in [-0.4, -0.2) is 25.0 Å². The topological polar surface area (TPSA) is 55.6 Å². The van der Waals surface area contributed by atoms with E-state index < -0.39 is 0 Å². The molecule has 2 aromatic rings. The molecule has 0 aliphatic carbocycles. The van der Waals surface area contributed by atoms with Gasteiger partial charge in [-0.1, -0.05) is 30.3 Å². The number of hydrogen-bond donors (Lipinski definition) is 1. The lowest BCUT2D eigenvalue weighted by atomic mass is 10.1. The van der Waals surface area contributed by atoms with Crippen LogP contribution in [0.1, 0.15) is 28.9 Å². The van der Waals surface area contributed by atoms with E-state index in [0.29, 0.717) is 17.0 Å². The smallest absolute Gasteiger partial charge is 0.254 e. The van der Waals surface area contributed by atoms with Gasteiger partial charge in [0.1, 0.15) is 5.75 Å². The number of carbonyl (C=O) groups is 1. The lowest BCUT2D eigenvalue weighted by Gasteiger charge is -2.25. The van der Waals surface area contributed by atoms with Gasteiger partial charge in [0.05, 0.1) is 13.2 Å².